The van der Waals surface area contributed by atoms with Crippen LogP contribution in [-0.4, -0.2) is 43.3 Å². The SMILES string of the molecule is CCNC(=NCc1ccc(O)c(OCC)c1)NC1CCN(c2ccc(C)cc2)C1. The van der Waals surface area contributed by atoms with Gasteiger partial charge in [-0.05, 0) is 57.0 Å². The highest BCUT2D eigenvalue weighted by Gasteiger charge is 2.23. The van der Waals surface area contributed by atoms with Crippen LogP contribution in [-0.2, 0) is 6.54 Å². The average Bonchev–Trinajstić information content (AvgIpc) is 3.18. The van der Waals surface area contributed by atoms with Gasteiger partial charge in [-0.15, -0.1) is 0 Å². The summed E-state index contributed by atoms with van der Waals surface area (Å²) < 4.78 is 5.47. The lowest BCUT2D eigenvalue weighted by molar-refractivity contribution is 0.318. The number of guanidine groups is 1. The first kappa shape index (κ1) is 20.8. The number of nitrogens with zero attached hydrogens (tertiary/aromatic N) is 2. The lowest BCUT2D eigenvalue weighted by Crippen LogP contribution is -2.44. The van der Waals surface area contributed by atoms with Crippen LogP contribution < -0.4 is 20.3 Å². The second-order valence-corrected chi connectivity index (χ2v) is 7.34. The molecule has 0 aliphatic carbocycles. The summed E-state index contributed by atoms with van der Waals surface area (Å²) in [6.07, 6.45) is 1.08. The van der Waals surface area contributed by atoms with Gasteiger partial charge in [-0.25, -0.2) is 4.99 Å². The zero-order chi connectivity index (χ0) is 20.6. The second-order valence-electron chi connectivity index (χ2n) is 7.34. The summed E-state index contributed by atoms with van der Waals surface area (Å²) in [6, 6.07) is 14.4. The van der Waals surface area contributed by atoms with Gasteiger partial charge in [-0.2, -0.15) is 0 Å². The number of rotatable bonds is 7. The van der Waals surface area contributed by atoms with Crippen LogP contribution in [0.4, 0.5) is 5.69 Å². The number of ether oxygens (including phenoxy) is 1. The number of hydrogen-bond donors (Lipinski definition) is 3. The number of phenolic OH excluding ortho intramolecular Hbond substituents is 1. The fourth-order valence-electron chi connectivity index (χ4n) is 3.48. The first-order valence-electron chi connectivity index (χ1n) is 10.4. The molecule has 1 unspecified atom stereocenters. The normalized spacial score (nSPS) is 16.7. The average molecular weight is 397 g/mol. The molecule has 1 aliphatic heterocycles. The number of anilines is 1. The van der Waals surface area contributed by atoms with Crippen LogP contribution in [0.25, 0.3) is 0 Å². The minimum Gasteiger partial charge on any atom is -0.504 e. The van der Waals surface area contributed by atoms with Gasteiger partial charge in [0.1, 0.15) is 0 Å². The minimum absolute atomic E-state index is 0.159. The maximum Gasteiger partial charge on any atom is 0.191 e. The zero-order valence-electron chi connectivity index (χ0n) is 17.6. The summed E-state index contributed by atoms with van der Waals surface area (Å²) in [7, 11) is 0. The number of aryl methyl sites for hydroxylation is 1. The van der Waals surface area contributed by atoms with Gasteiger partial charge in [0.25, 0.3) is 0 Å². The number of aliphatic imine (C=N–C) groups is 1. The molecule has 0 amide bonds. The molecule has 2 aromatic carbocycles. The molecular formula is C23H32N4O2. The van der Waals surface area contributed by atoms with Crippen molar-refractivity contribution >= 4 is 11.6 Å². The highest BCUT2D eigenvalue weighted by Crippen LogP contribution is 2.27. The van der Waals surface area contributed by atoms with E-state index in [1.54, 1.807) is 6.07 Å². The van der Waals surface area contributed by atoms with Crippen LogP contribution in [0.5, 0.6) is 11.5 Å². The number of nitrogens with one attached hydrogen (secondary N) is 2. The summed E-state index contributed by atoms with van der Waals surface area (Å²) >= 11 is 0. The summed E-state index contributed by atoms with van der Waals surface area (Å²) in [6.45, 7) is 9.92. The maximum atomic E-state index is 9.86. The van der Waals surface area contributed by atoms with Crippen molar-refractivity contribution in [2.45, 2.75) is 39.8 Å². The predicted molar refractivity (Wildman–Crippen MR) is 119 cm³/mol. The number of benzene rings is 2. The van der Waals surface area contributed by atoms with Crippen LogP contribution in [0.1, 0.15) is 31.4 Å². The smallest absolute Gasteiger partial charge is 0.191 e. The molecule has 0 saturated carbocycles. The number of phenols is 1. The first-order valence-corrected chi connectivity index (χ1v) is 10.4. The topological polar surface area (TPSA) is 69.1 Å². The Morgan fingerprint density at radius 3 is 2.72 bits per heavy atom. The van der Waals surface area contributed by atoms with Gasteiger partial charge in [0, 0.05) is 31.4 Å². The van der Waals surface area contributed by atoms with Crippen molar-refractivity contribution < 1.29 is 9.84 Å². The number of aromatic hydroxyl groups is 1. The molecule has 0 bridgehead atoms. The highest BCUT2D eigenvalue weighted by molar-refractivity contribution is 5.80. The Morgan fingerprint density at radius 2 is 2.00 bits per heavy atom. The van der Waals surface area contributed by atoms with Gasteiger partial charge in [-0.3, -0.25) is 0 Å². The quantitative estimate of drug-likeness (QED) is 0.494. The lowest BCUT2D eigenvalue weighted by atomic mass is 10.2. The zero-order valence-corrected chi connectivity index (χ0v) is 17.6. The van der Waals surface area contributed by atoms with E-state index in [1.807, 2.05) is 19.1 Å². The molecular weight excluding hydrogens is 364 g/mol. The molecule has 1 saturated heterocycles. The number of hydrogen-bond acceptors (Lipinski definition) is 4. The monoisotopic (exact) mass is 396 g/mol. The molecule has 0 radical (unpaired) electrons. The fourth-order valence-corrected chi connectivity index (χ4v) is 3.48. The molecule has 0 spiro atoms. The fraction of sp³-hybridized carbons (Fsp3) is 0.435. The van der Waals surface area contributed by atoms with Gasteiger partial charge >= 0.3 is 0 Å². The van der Waals surface area contributed by atoms with E-state index in [2.05, 4.69) is 53.6 Å². The Hall–Kier alpha value is -2.89. The van der Waals surface area contributed by atoms with Crippen LogP contribution in [0, 0.1) is 6.92 Å². The molecule has 0 aromatic heterocycles. The van der Waals surface area contributed by atoms with Gasteiger partial charge < -0.3 is 25.4 Å². The molecule has 1 aliphatic rings. The molecule has 6 nitrogen and oxygen atoms in total. The minimum atomic E-state index is 0.159. The third-order valence-electron chi connectivity index (χ3n) is 5.02. The molecule has 156 valence electrons. The second kappa shape index (κ2) is 10.0. The van der Waals surface area contributed by atoms with E-state index in [9.17, 15) is 5.11 Å². The van der Waals surface area contributed by atoms with Crippen LogP contribution >= 0.6 is 0 Å². The van der Waals surface area contributed by atoms with Crippen molar-refractivity contribution in [3.63, 3.8) is 0 Å². The Morgan fingerprint density at radius 1 is 1.21 bits per heavy atom. The van der Waals surface area contributed by atoms with Crippen molar-refractivity contribution in [1.82, 2.24) is 10.6 Å². The largest absolute Gasteiger partial charge is 0.504 e. The summed E-state index contributed by atoms with van der Waals surface area (Å²) in [5.74, 6) is 1.48. The maximum absolute atomic E-state index is 9.86. The molecule has 3 N–H and O–H groups in total. The Kier molecular flexibility index (Phi) is 7.22. The molecule has 1 heterocycles. The molecule has 2 aromatic rings. The van der Waals surface area contributed by atoms with Gasteiger partial charge in [-0.1, -0.05) is 23.8 Å². The van der Waals surface area contributed by atoms with E-state index in [0.29, 0.717) is 24.9 Å². The first-order chi connectivity index (χ1) is 14.1. The van der Waals surface area contributed by atoms with Crippen LogP contribution in [0.15, 0.2) is 47.5 Å². The van der Waals surface area contributed by atoms with Crippen LogP contribution in [0.2, 0.25) is 0 Å². The highest BCUT2D eigenvalue weighted by atomic mass is 16.5. The third-order valence-corrected chi connectivity index (χ3v) is 5.02. The Balaban J connectivity index is 1.61. The van der Waals surface area contributed by atoms with Gasteiger partial charge in [0.05, 0.1) is 13.2 Å². The molecule has 1 fully saturated rings. The lowest BCUT2D eigenvalue weighted by Gasteiger charge is -2.20. The Bertz CT molecular complexity index is 820. The Labute approximate surface area is 173 Å². The summed E-state index contributed by atoms with van der Waals surface area (Å²) in [4.78, 5) is 7.14. The molecule has 1 atom stereocenters. The van der Waals surface area contributed by atoms with E-state index in [4.69, 9.17) is 9.73 Å². The van der Waals surface area contributed by atoms with Crippen molar-refractivity contribution in [2.75, 3.05) is 31.1 Å². The van der Waals surface area contributed by atoms with Crippen molar-refractivity contribution in [3.8, 4) is 11.5 Å². The van der Waals surface area contributed by atoms with Crippen molar-refractivity contribution in [3.05, 3.63) is 53.6 Å². The summed E-state index contributed by atoms with van der Waals surface area (Å²) in [5.41, 5.74) is 3.55. The van der Waals surface area contributed by atoms with E-state index < -0.39 is 0 Å². The van der Waals surface area contributed by atoms with Crippen molar-refractivity contribution in [2.24, 2.45) is 4.99 Å². The molecule has 29 heavy (non-hydrogen) atoms. The molecule has 3 rings (SSSR count). The standard InChI is InChI=1S/C23H32N4O2/c1-4-24-23(25-15-18-8-11-21(28)22(14-18)29-5-2)26-19-12-13-27(16-19)20-9-6-17(3)7-10-20/h6-11,14,19,28H,4-5,12-13,15-16H2,1-3H3,(H2,24,25,26). The van der Waals surface area contributed by atoms with Crippen LogP contribution in [0.3, 0.4) is 0 Å². The summed E-state index contributed by atoms with van der Waals surface area (Å²) in [5, 5.41) is 16.8. The van der Waals surface area contributed by atoms with Crippen molar-refractivity contribution in [1.29, 1.82) is 0 Å². The van der Waals surface area contributed by atoms with E-state index in [1.165, 1.54) is 11.3 Å². The van der Waals surface area contributed by atoms with Gasteiger partial charge in [0.15, 0.2) is 17.5 Å². The predicted octanol–water partition coefficient (Wildman–Crippen LogP) is 3.43. The molecule has 6 heteroatoms. The van der Waals surface area contributed by atoms with Gasteiger partial charge in [0.2, 0.25) is 0 Å². The van der Waals surface area contributed by atoms with E-state index in [0.717, 1.165) is 37.6 Å². The third kappa shape index (κ3) is 5.79. The van der Waals surface area contributed by atoms with E-state index >= 15 is 0 Å². The van der Waals surface area contributed by atoms with E-state index in [-0.39, 0.29) is 5.75 Å².